The van der Waals surface area contributed by atoms with E-state index in [0.29, 0.717) is 6.04 Å². The van der Waals surface area contributed by atoms with Crippen molar-refractivity contribution in [1.82, 2.24) is 14.8 Å². The van der Waals surface area contributed by atoms with Crippen molar-refractivity contribution in [3.05, 3.63) is 16.6 Å². The molecule has 0 aromatic carbocycles. The van der Waals surface area contributed by atoms with E-state index in [1.54, 1.807) is 11.3 Å². The van der Waals surface area contributed by atoms with Gasteiger partial charge in [0.25, 0.3) is 0 Å². The van der Waals surface area contributed by atoms with Crippen LogP contribution in [0.4, 0.5) is 0 Å². The Kier molecular flexibility index (Phi) is 5.12. The second-order valence-electron chi connectivity index (χ2n) is 5.12. The predicted molar refractivity (Wildman–Crippen MR) is 74.7 cm³/mol. The Hall–Kier alpha value is -0.490. The van der Waals surface area contributed by atoms with E-state index in [1.807, 2.05) is 12.4 Å². The van der Waals surface area contributed by atoms with Gasteiger partial charge in [0.2, 0.25) is 0 Å². The number of hydrogen-bond donors (Lipinski definition) is 1. The number of aliphatic hydroxyl groups excluding tert-OH is 1. The van der Waals surface area contributed by atoms with Gasteiger partial charge in [-0.1, -0.05) is 6.92 Å². The summed E-state index contributed by atoms with van der Waals surface area (Å²) in [5.74, 6) is 0. The lowest BCUT2D eigenvalue weighted by atomic mass is 10.1. The number of aliphatic hydroxyl groups is 1. The zero-order chi connectivity index (χ0) is 13.0. The third-order valence-corrected chi connectivity index (χ3v) is 4.16. The van der Waals surface area contributed by atoms with Crippen molar-refractivity contribution < 1.29 is 5.11 Å². The number of piperazine rings is 1. The molecule has 18 heavy (non-hydrogen) atoms. The summed E-state index contributed by atoms with van der Waals surface area (Å²) in [7, 11) is 0. The van der Waals surface area contributed by atoms with E-state index in [1.165, 1.54) is 5.69 Å². The molecular weight excluding hydrogens is 246 g/mol. The van der Waals surface area contributed by atoms with Gasteiger partial charge in [0, 0.05) is 44.1 Å². The van der Waals surface area contributed by atoms with E-state index in [2.05, 4.69) is 27.1 Å². The van der Waals surface area contributed by atoms with Crippen LogP contribution in [0.25, 0.3) is 0 Å². The van der Waals surface area contributed by atoms with Crippen LogP contribution in [-0.4, -0.2) is 58.2 Å². The molecule has 4 nitrogen and oxygen atoms in total. The monoisotopic (exact) mass is 269 g/mol. The van der Waals surface area contributed by atoms with Crippen LogP contribution in [-0.2, 0) is 6.54 Å². The molecule has 2 heterocycles. The standard InChI is InChI=1S/C13H23N3OS/c1-3-13-8-15(7-12-9-18-10-14-12)4-5-16(13)6-11(2)17/h9-11,13,17H,3-8H2,1-2H3. The Bertz CT molecular complexity index is 342. The summed E-state index contributed by atoms with van der Waals surface area (Å²) in [4.78, 5) is 9.24. The van der Waals surface area contributed by atoms with Gasteiger partial charge in [-0.05, 0) is 13.3 Å². The molecule has 1 aliphatic rings. The molecule has 0 amide bonds. The molecule has 102 valence electrons. The topological polar surface area (TPSA) is 39.6 Å². The summed E-state index contributed by atoms with van der Waals surface area (Å²) in [6, 6.07) is 0.562. The van der Waals surface area contributed by atoms with Crippen LogP contribution in [0.2, 0.25) is 0 Å². The Morgan fingerprint density at radius 2 is 2.39 bits per heavy atom. The minimum absolute atomic E-state index is 0.232. The Morgan fingerprint density at radius 1 is 1.56 bits per heavy atom. The Morgan fingerprint density at radius 3 is 3.00 bits per heavy atom. The van der Waals surface area contributed by atoms with Crippen molar-refractivity contribution >= 4 is 11.3 Å². The van der Waals surface area contributed by atoms with E-state index in [4.69, 9.17) is 0 Å². The molecule has 0 aliphatic carbocycles. The molecule has 5 heteroatoms. The molecule has 2 unspecified atom stereocenters. The third kappa shape index (κ3) is 3.75. The maximum Gasteiger partial charge on any atom is 0.0795 e. The van der Waals surface area contributed by atoms with Gasteiger partial charge in [0.05, 0.1) is 17.3 Å². The molecule has 0 spiro atoms. The zero-order valence-corrected chi connectivity index (χ0v) is 12.1. The fourth-order valence-electron chi connectivity index (χ4n) is 2.61. The molecule has 2 rings (SSSR count). The van der Waals surface area contributed by atoms with E-state index in [0.717, 1.165) is 39.1 Å². The fraction of sp³-hybridized carbons (Fsp3) is 0.769. The SMILES string of the molecule is CCC1CN(Cc2cscn2)CCN1CC(C)O. The highest BCUT2D eigenvalue weighted by Gasteiger charge is 2.26. The zero-order valence-electron chi connectivity index (χ0n) is 11.2. The van der Waals surface area contributed by atoms with Gasteiger partial charge in [-0.2, -0.15) is 0 Å². The van der Waals surface area contributed by atoms with Gasteiger partial charge in [-0.3, -0.25) is 9.80 Å². The second kappa shape index (κ2) is 6.61. The maximum absolute atomic E-state index is 9.53. The molecule has 0 saturated carbocycles. The van der Waals surface area contributed by atoms with E-state index in [9.17, 15) is 5.11 Å². The van der Waals surface area contributed by atoms with Gasteiger partial charge >= 0.3 is 0 Å². The maximum atomic E-state index is 9.53. The number of rotatable bonds is 5. The summed E-state index contributed by atoms with van der Waals surface area (Å²) in [6.45, 7) is 9.06. The van der Waals surface area contributed by atoms with Crippen molar-refractivity contribution in [2.45, 2.75) is 39.0 Å². The van der Waals surface area contributed by atoms with Crippen molar-refractivity contribution in [2.24, 2.45) is 0 Å². The highest BCUT2D eigenvalue weighted by molar-refractivity contribution is 7.07. The van der Waals surface area contributed by atoms with Gasteiger partial charge in [-0.15, -0.1) is 11.3 Å². The molecule has 1 aromatic heterocycles. The summed E-state index contributed by atoms with van der Waals surface area (Å²) >= 11 is 1.66. The normalized spacial score (nSPS) is 24.3. The molecule has 1 fully saturated rings. The van der Waals surface area contributed by atoms with Crippen LogP contribution in [0, 0.1) is 0 Å². The molecule has 1 aromatic rings. The van der Waals surface area contributed by atoms with Crippen LogP contribution in [0.5, 0.6) is 0 Å². The fourth-order valence-corrected chi connectivity index (χ4v) is 3.16. The number of hydrogen-bond acceptors (Lipinski definition) is 5. The van der Waals surface area contributed by atoms with Crippen molar-refractivity contribution in [3.63, 3.8) is 0 Å². The van der Waals surface area contributed by atoms with Crippen LogP contribution in [0.1, 0.15) is 26.0 Å². The van der Waals surface area contributed by atoms with E-state index >= 15 is 0 Å². The molecule has 1 N–H and O–H groups in total. The number of β-amino-alcohol motifs (C(OH)–C–C–N with tert-alkyl or cyclic N) is 1. The lowest BCUT2D eigenvalue weighted by molar-refractivity contribution is 0.0334. The highest BCUT2D eigenvalue weighted by atomic mass is 32.1. The largest absolute Gasteiger partial charge is 0.392 e. The highest BCUT2D eigenvalue weighted by Crippen LogP contribution is 2.15. The number of nitrogens with zero attached hydrogens (tertiary/aromatic N) is 3. The van der Waals surface area contributed by atoms with Crippen LogP contribution in [0.15, 0.2) is 10.9 Å². The molecule has 0 bridgehead atoms. The smallest absolute Gasteiger partial charge is 0.0795 e. The van der Waals surface area contributed by atoms with Crippen molar-refractivity contribution in [2.75, 3.05) is 26.2 Å². The predicted octanol–water partition coefficient (Wildman–Crippen LogP) is 1.42. The minimum atomic E-state index is -0.232. The van der Waals surface area contributed by atoms with Gasteiger partial charge in [0.1, 0.15) is 0 Å². The van der Waals surface area contributed by atoms with Crippen molar-refractivity contribution in [3.8, 4) is 0 Å². The summed E-state index contributed by atoms with van der Waals surface area (Å²) in [6.07, 6.45) is 0.907. The quantitative estimate of drug-likeness (QED) is 0.877. The van der Waals surface area contributed by atoms with Crippen molar-refractivity contribution in [1.29, 1.82) is 0 Å². The van der Waals surface area contributed by atoms with Gasteiger partial charge < -0.3 is 5.11 Å². The van der Waals surface area contributed by atoms with Crippen LogP contribution < -0.4 is 0 Å². The van der Waals surface area contributed by atoms with Crippen LogP contribution in [0.3, 0.4) is 0 Å². The van der Waals surface area contributed by atoms with Crippen LogP contribution >= 0.6 is 11.3 Å². The van der Waals surface area contributed by atoms with E-state index < -0.39 is 0 Å². The van der Waals surface area contributed by atoms with E-state index in [-0.39, 0.29) is 6.10 Å². The summed E-state index contributed by atoms with van der Waals surface area (Å²) < 4.78 is 0. The number of aromatic nitrogens is 1. The lowest BCUT2D eigenvalue weighted by Crippen LogP contribution is -2.54. The first-order chi connectivity index (χ1) is 8.69. The average Bonchev–Trinajstić information content (AvgIpc) is 2.83. The Labute approximate surface area is 113 Å². The molecule has 2 atom stereocenters. The lowest BCUT2D eigenvalue weighted by Gasteiger charge is -2.41. The summed E-state index contributed by atoms with van der Waals surface area (Å²) in [5, 5.41) is 11.7. The molecular formula is C13H23N3OS. The molecule has 0 radical (unpaired) electrons. The average molecular weight is 269 g/mol. The Balaban J connectivity index is 1.87. The molecule has 1 aliphatic heterocycles. The number of thiazole rings is 1. The molecule has 1 saturated heterocycles. The minimum Gasteiger partial charge on any atom is -0.392 e. The first-order valence-electron chi connectivity index (χ1n) is 6.70. The van der Waals surface area contributed by atoms with Gasteiger partial charge in [-0.25, -0.2) is 4.98 Å². The van der Waals surface area contributed by atoms with Gasteiger partial charge in [0.15, 0.2) is 0 Å². The second-order valence-corrected chi connectivity index (χ2v) is 5.84. The first-order valence-corrected chi connectivity index (χ1v) is 7.64. The summed E-state index contributed by atoms with van der Waals surface area (Å²) in [5.41, 5.74) is 3.08. The first kappa shape index (κ1) is 13.9. The third-order valence-electron chi connectivity index (χ3n) is 3.53.